The number of hydrogen-bond donors (Lipinski definition) is 1. The second-order valence-corrected chi connectivity index (χ2v) is 5.73. The van der Waals surface area contributed by atoms with Crippen LogP contribution in [0.3, 0.4) is 0 Å². The van der Waals surface area contributed by atoms with Gasteiger partial charge in [-0.15, -0.1) is 0 Å². The Morgan fingerprint density at radius 1 is 1.24 bits per heavy atom. The summed E-state index contributed by atoms with van der Waals surface area (Å²) in [5.41, 5.74) is 4.77. The van der Waals surface area contributed by atoms with Crippen molar-refractivity contribution in [3.05, 3.63) is 34.9 Å². The van der Waals surface area contributed by atoms with Crippen LogP contribution in [0.25, 0.3) is 0 Å². The van der Waals surface area contributed by atoms with Crippen LogP contribution in [0.2, 0.25) is 0 Å². The summed E-state index contributed by atoms with van der Waals surface area (Å²) < 4.78 is 0. The van der Waals surface area contributed by atoms with Gasteiger partial charge in [0.25, 0.3) is 0 Å². The third kappa shape index (κ3) is 2.55. The maximum Gasteiger partial charge on any atom is 0.00954 e. The quantitative estimate of drug-likeness (QED) is 0.818. The summed E-state index contributed by atoms with van der Waals surface area (Å²) in [4.78, 5) is 0. The highest BCUT2D eigenvalue weighted by Gasteiger charge is 2.29. The maximum atomic E-state index is 3.49. The van der Waals surface area contributed by atoms with E-state index in [-0.39, 0.29) is 0 Å². The minimum Gasteiger partial charge on any atom is -0.317 e. The Kier molecular flexibility index (Phi) is 3.19. The smallest absolute Gasteiger partial charge is 0.00954 e. The number of benzene rings is 1. The van der Waals surface area contributed by atoms with Crippen LogP contribution in [0.1, 0.15) is 42.4 Å². The Bertz CT molecular complexity index is 393. The van der Waals surface area contributed by atoms with Crippen molar-refractivity contribution in [3.8, 4) is 0 Å². The van der Waals surface area contributed by atoms with Crippen LogP contribution in [-0.2, 0) is 19.3 Å². The average molecular weight is 229 g/mol. The highest BCUT2D eigenvalue weighted by atomic mass is 14.9. The van der Waals surface area contributed by atoms with Crippen LogP contribution >= 0.6 is 0 Å². The third-order valence-electron chi connectivity index (χ3n) is 4.47. The van der Waals surface area contributed by atoms with Crippen molar-refractivity contribution in [2.24, 2.45) is 5.92 Å². The van der Waals surface area contributed by atoms with E-state index in [0.717, 1.165) is 12.0 Å². The van der Waals surface area contributed by atoms with E-state index < -0.39 is 0 Å². The molecule has 1 heteroatoms. The van der Waals surface area contributed by atoms with Crippen molar-refractivity contribution in [1.29, 1.82) is 0 Å². The molecule has 1 saturated carbocycles. The summed E-state index contributed by atoms with van der Waals surface area (Å²) in [6, 6.07) is 7.93. The van der Waals surface area contributed by atoms with Crippen LogP contribution in [0.4, 0.5) is 0 Å². The predicted molar refractivity (Wildman–Crippen MR) is 72.4 cm³/mol. The van der Waals surface area contributed by atoms with Gasteiger partial charge in [-0.3, -0.25) is 0 Å². The van der Waals surface area contributed by atoms with Crippen LogP contribution in [0, 0.1) is 5.92 Å². The lowest BCUT2D eigenvalue weighted by Crippen LogP contribution is -2.27. The lowest BCUT2D eigenvalue weighted by Gasteiger charge is -2.15. The van der Waals surface area contributed by atoms with Gasteiger partial charge in [-0.1, -0.05) is 18.2 Å². The van der Waals surface area contributed by atoms with Gasteiger partial charge < -0.3 is 5.32 Å². The van der Waals surface area contributed by atoms with Gasteiger partial charge in [-0.2, -0.15) is 0 Å². The van der Waals surface area contributed by atoms with Crippen LogP contribution in [-0.4, -0.2) is 13.1 Å². The van der Waals surface area contributed by atoms with E-state index in [1.165, 1.54) is 44.9 Å². The predicted octanol–water partition coefficient (Wildman–Crippen LogP) is 3.11. The van der Waals surface area contributed by atoms with E-state index in [0.29, 0.717) is 0 Å². The van der Waals surface area contributed by atoms with Crippen molar-refractivity contribution < 1.29 is 0 Å². The molecule has 0 amide bonds. The Morgan fingerprint density at radius 2 is 2.06 bits per heavy atom. The molecule has 0 spiro atoms. The number of rotatable bonds is 5. The Hall–Kier alpha value is -0.820. The molecule has 1 fully saturated rings. The first-order valence-electron chi connectivity index (χ1n) is 7.15. The van der Waals surface area contributed by atoms with E-state index in [2.05, 4.69) is 30.6 Å². The summed E-state index contributed by atoms with van der Waals surface area (Å²) in [7, 11) is 2.12. The maximum absolute atomic E-state index is 3.49. The molecule has 2 aliphatic rings. The van der Waals surface area contributed by atoms with Crippen molar-refractivity contribution in [1.82, 2.24) is 5.32 Å². The normalized spacial score (nSPS) is 20.3. The first-order valence-corrected chi connectivity index (χ1v) is 7.15. The zero-order valence-electron chi connectivity index (χ0n) is 10.8. The molecule has 0 bridgehead atoms. The number of nitrogens with one attached hydrogen (secondary N) is 1. The fourth-order valence-electron chi connectivity index (χ4n) is 3.22. The first kappa shape index (κ1) is 11.3. The van der Waals surface area contributed by atoms with Gasteiger partial charge in [0.2, 0.25) is 0 Å². The lowest BCUT2D eigenvalue weighted by atomic mass is 9.99. The van der Waals surface area contributed by atoms with Crippen LogP contribution < -0.4 is 5.32 Å². The van der Waals surface area contributed by atoms with Gasteiger partial charge in [0.1, 0.15) is 0 Å². The van der Waals surface area contributed by atoms with E-state index in [9.17, 15) is 0 Å². The average Bonchev–Trinajstić information content (AvgIpc) is 3.08. The highest BCUT2D eigenvalue weighted by molar-refractivity contribution is 5.35. The van der Waals surface area contributed by atoms with E-state index in [1.54, 1.807) is 16.7 Å². The van der Waals surface area contributed by atoms with Gasteiger partial charge in [-0.05, 0) is 74.6 Å². The Morgan fingerprint density at radius 3 is 2.82 bits per heavy atom. The topological polar surface area (TPSA) is 12.0 Å². The summed E-state index contributed by atoms with van der Waals surface area (Å²) in [5, 5.41) is 3.49. The second kappa shape index (κ2) is 4.81. The SMILES string of the molecule is CNC(CCc1ccc2c(c1)CCC2)C1CC1. The van der Waals surface area contributed by atoms with Crippen molar-refractivity contribution in [3.63, 3.8) is 0 Å². The second-order valence-electron chi connectivity index (χ2n) is 5.73. The van der Waals surface area contributed by atoms with E-state index >= 15 is 0 Å². The number of fused-ring (bicyclic) bond motifs is 1. The molecule has 1 nitrogen and oxygen atoms in total. The summed E-state index contributed by atoms with van der Waals surface area (Å²) in [5.74, 6) is 0.967. The van der Waals surface area contributed by atoms with Gasteiger partial charge in [0, 0.05) is 6.04 Å². The van der Waals surface area contributed by atoms with Crippen LogP contribution in [0.5, 0.6) is 0 Å². The minimum atomic E-state index is 0.753. The summed E-state index contributed by atoms with van der Waals surface area (Å²) in [6.07, 6.45) is 9.40. The van der Waals surface area contributed by atoms with Crippen molar-refractivity contribution >= 4 is 0 Å². The first-order chi connectivity index (χ1) is 8.36. The molecule has 0 radical (unpaired) electrons. The van der Waals surface area contributed by atoms with Crippen molar-refractivity contribution in [2.45, 2.75) is 51.0 Å². The molecule has 1 N–H and O–H groups in total. The van der Waals surface area contributed by atoms with Crippen molar-refractivity contribution in [2.75, 3.05) is 7.05 Å². The van der Waals surface area contributed by atoms with Gasteiger partial charge in [0.05, 0.1) is 0 Å². The van der Waals surface area contributed by atoms with Gasteiger partial charge in [0.15, 0.2) is 0 Å². The molecule has 3 rings (SSSR count). The lowest BCUT2D eigenvalue weighted by molar-refractivity contribution is 0.470. The molecule has 17 heavy (non-hydrogen) atoms. The van der Waals surface area contributed by atoms with E-state index in [4.69, 9.17) is 0 Å². The molecule has 1 aromatic rings. The molecule has 1 unspecified atom stereocenters. The zero-order valence-corrected chi connectivity index (χ0v) is 10.8. The monoisotopic (exact) mass is 229 g/mol. The van der Waals surface area contributed by atoms with Gasteiger partial charge >= 0.3 is 0 Å². The molecule has 1 aromatic carbocycles. The summed E-state index contributed by atoms with van der Waals surface area (Å²) >= 11 is 0. The molecular formula is C16H23N. The molecule has 1 atom stereocenters. The largest absolute Gasteiger partial charge is 0.317 e. The number of hydrogen-bond acceptors (Lipinski definition) is 1. The molecule has 0 aromatic heterocycles. The summed E-state index contributed by atoms with van der Waals surface area (Å²) in [6.45, 7) is 0. The highest BCUT2D eigenvalue weighted by Crippen LogP contribution is 2.34. The molecule has 0 aliphatic heterocycles. The standard InChI is InChI=1S/C16H23N/c1-17-16(14-8-9-14)10-6-12-5-7-13-3-2-4-15(13)11-12/h5,7,11,14,16-17H,2-4,6,8-10H2,1H3. The fourth-order valence-corrected chi connectivity index (χ4v) is 3.22. The third-order valence-corrected chi connectivity index (χ3v) is 4.47. The Labute approximate surface area is 105 Å². The number of aryl methyl sites for hydroxylation is 3. The fraction of sp³-hybridized carbons (Fsp3) is 0.625. The Balaban J connectivity index is 1.61. The molecule has 0 saturated heterocycles. The van der Waals surface area contributed by atoms with Crippen LogP contribution in [0.15, 0.2) is 18.2 Å². The molecule has 2 aliphatic carbocycles. The van der Waals surface area contributed by atoms with Gasteiger partial charge in [-0.25, -0.2) is 0 Å². The molecular weight excluding hydrogens is 206 g/mol. The molecule has 92 valence electrons. The van der Waals surface area contributed by atoms with E-state index in [1.807, 2.05) is 0 Å². The zero-order chi connectivity index (χ0) is 11.7. The molecule has 0 heterocycles. The minimum absolute atomic E-state index is 0.753.